The normalized spacial score (nSPS) is 26.0. The molecule has 0 aromatic heterocycles. The summed E-state index contributed by atoms with van der Waals surface area (Å²) in [6, 6.07) is 5.96. The molecule has 1 heterocycles. The summed E-state index contributed by atoms with van der Waals surface area (Å²) >= 11 is 0. The second kappa shape index (κ2) is 5.90. The van der Waals surface area contributed by atoms with Crippen LogP contribution in [0.3, 0.4) is 0 Å². The summed E-state index contributed by atoms with van der Waals surface area (Å²) in [5.74, 6) is -0.442. The van der Waals surface area contributed by atoms with Crippen LogP contribution in [0.2, 0.25) is 0 Å². The van der Waals surface area contributed by atoms with Gasteiger partial charge in [-0.1, -0.05) is 17.3 Å². The van der Waals surface area contributed by atoms with Crippen LogP contribution in [0.5, 0.6) is 0 Å². The van der Waals surface area contributed by atoms with E-state index in [1.165, 1.54) is 12.1 Å². The maximum absolute atomic E-state index is 10.9. The molecule has 7 heteroatoms. The summed E-state index contributed by atoms with van der Waals surface area (Å²) in [5.41, 5.74) is 0.326. The second-order valence-corrected chi connectivity index (χ2v) is 7.50. The van der Waals surface area contributed by atoms with Gasteiger partial charge in [0.25, 0.3) is 5.69 Å². The van der Waals surface area contributed by atoms with Gasteiger partial charge < -0.3 is 15.6 Å². The minimum atomic E-state index is -0.983. The minimum absolute atomic E-state index is 0.0676. The van der Waals surface area contributed by atoms with Crippen molar-refractivity contribution in [2.24, 2.45) is 11.1 Å². The SMILES string of the molecule is CC1(C)C/C(=N/O)[C@H]([C@@H](O)c2cccc([N+](=O)[O-])c2)C(C)(C)[NH2+]1. The van der Waals surface area contributed by atoms with E-state index >= 15 is 0 Å². The molecule has 0 aliphatic carbocycles. The number of aliphatic hydroxyl groups is 1. The van der Waals surface area contributed by atoms with Gasteiger partial charge in [-0.2, -0.15) is 0 Å². The molecule has 2 rings (SSSR count). The van der Waals surface area contributed by atoms with Crippen LogP contribution in [0.4, 0.5) is 5.69 Å². The average Bonchev–Trinajstić information content (AvgIpc) is 2.43. The number of aliphatic hydroxyl groups excluding tert-OH is 1. The van der Waals surface area contributed by atoms with Crippen LogP contribution in [0.15, 0.2) is 29.4 Å². The largest absolute Gasteiger partial charge is 0.411 e. The molecular formula is C16H24N3O4+. The van der Waals surface area contributed by atoms with Gasteiger partial charge >= 0.3 is 0 Å². The Balaban J connectivity index is 2.42. The molecule has 1 aromatic rings. The van der Waals surface area contributed by atoms with Crippen molar-refractivity contribution in [2.45, 2.75) is 51.3 Å². The maximum atomic E-state index is 10.9. The van der Waals surface area contributed by atoms with E-state index in [0.29, 0.717) is 17.7 Å². The van der Waals surface area contributed by atoms with E-state index in [2.05, 4.69) is 24.3 Å². The molecule has 0 saturated carbocycles. The first-order valence-corrected chi connectivity index (χ1v) is 7.58. The van der Waals surface area contributed by atoms with Crippen molar-refractivity contribution in [1.29, 1.82) is 0 Å². The van der Waals surface area contributed by atoms with E-state index in [9.17, 15) is 20.4 Å². The van der Waals surface area contributed by atoms with Crippen molar-refractivity contribution in [2.75, 3.05) is 0 Å². The molecule has 0 amide bonds. The zero-order chi connectivity index (χ0) is 17.4. The van der Waals surface area contributed by atoms with Crippen LogP contribution in [-0.2, 0) is 0 Å². The number of oxime groups is 1. The molecule has 7 nitrogen and oxygen atoms in total. The van der Waals surface area contributed by atoms with Gasteiger partial charge in [0.05, 0.1) is 28.2 Å². The minimum Gasteiger partial charge on any atom is -0.411 e. The zero-order valence-corrected chi connectivity index (χ0v) is 13.9. The Morgan fingerprint density at radius 3 is 2.61 bits per heavy atom. The maximum Gasteiger partial charge on any atom is 0.269 e. The molecule has 0 radical (unpaired) electrons. The summed E-state index contributed by atoms with van der Waals surface area (Å²) in [7, 11) is 0. The molecule has 1 fully saturated rings. The molecule has 0 unspecified atom stereocenters. The first-order valence-electron chi connectivity index (χ1n) is 7.58. The van der Waals surface area contributed by atoms with Gasteiger partial charge in [-0.3, -0.25) is 10.1 Å². The molecule has 2 atom stereocenters. The number of benzene rings is 1. The molecule has 1 aliphatic heterocycles. The molecule has 23 heavy (non-hydrogen) atoms. The quantitative estimate of drug-likeness (QED) is 0.445. The molecule has 4 N–H and O–H groups in total. The summed E-state index contributed by atoms with van der Waals surface area (Å²) < 4.78 is 0. The van der Waals surface area contributed by atoms with Gasteiger partial charge in [0.1, 0.15) is 5.54 Å². The topological polar surface area (TPSA) is 113 Å². The predicted octanol–water partition coefficient (Wildman–Crippen LogP) is 1.60. The highest BCUT2D eigenvalue weighted by Crippen LogP contribution is 2.36. The van der Waals surface area contributed by atoms with Crippen molar-refractivity contribution >= 4 is 11.4 Å². The fraction of sp³-hybridized carbons (Fsp3) is 0.562. The first-order chi connectivity index (χ1) is 10.6. The third-order valence-corrected chi connectivity index (χ3v) is 4.43. The van der Waals surface area contributed by atoms with Crippen molar-refractivity contribution in [3.8, 4) is 0 Å². The van der Waals surface area contributed by atoms with E-state index < -0.39 is 22.5 Å². The smallest absolute Gasteiger partial charge is 0.269 e. The summed E-state index contributed by atoms with van der Waals surface area (Å²) in [5, 5.41) is 36.8. The number of nitro benzene ring substituents is 1. The van der Waals surface area contributed by atoms with Gasteiger partial charge in [-0.05, 0) is 33.3 Å². The molecule has 126 valence electrons. The Kier molecular flexibility index (Phi) is 4.45. The Bertz CT molecular complexity index is 640. The molecule has 0 bridgehead atoms. The highest BCUT2D eigenvalue weighted by atomic mass is 16.6. The number of nitrogens with two attached hydrogens (primary N) is 1. The third kappa shape index (κ3) is 3.51. The van der Waals surface area contributed by atoms with Crippen molar-refractivity contribution in [3.63, 3.8) is 0 Å². The monoisotopic (exact) mass is 322 g/mol. The van der Waals surface area contributed by atoms with Crippen molar-refractivity contribution < 1.29 is 20.6 Å². The van der Waals surface area contributed by atoms with E-state index in [1.54, 1.807) is 12.1 Å². The highest BCUT2D eigenvalue weighted by molar-refractivity contribution is 5.89. The van der Waals surface area contributed by atoms with E-state index in [-0.39, 0.29) is 11.2 Å². The molecule has 1 aromatic carbocycles. The number of quaternary nitrogens is 1. The van der Waals surface area contributed by atoms with Crippen LogP contribution in [-0.4, -0.2) is 32.0 Å². The molecule has 0 spiro atoms. The van der Waals surface area contributed by atoms with Gasteiger partial charge in [-0.15, -0.1) is 0 Å². The third-order valence-electron chi connectivity index (χ3n) is 4.43. The number of piperidine rings is 1. The highest BCUT2D eigenvalue weighted by Gasteiger charge is 2.51. The number of rotatable bonds is 3. The van der Waals surface area contributed by atoms with Gasteiger partial charge in [-0.25, -0.2) is 0 Å². The second-order valence-electron chi connectivity index (χ2n) is 7.50. The van der Waals surface area contributed by atoms with Crippen LogP contribution >= 0.6 is 0 Å². The van der Waals surface area contributed by atoms with Crippen LogP contribution in [0, 0.1) is 16.0 Å². The Hall–Kier alpha value is -1.99. The summed E-state index contributed by atoms with van der Waals surface area (Å²) in [6.07, 6.45) is -0.452. The average molecular weight is 322 g/mol. The molecule has 1 saturated heterocycles. The van der Waals surface area contributed by atoms with Crippen LogP contribution in [0.1, 0.15) is 45.8 Å². The lowest BCUT2D eigenvalue weighted by molar-refractivity contribution is -0.787. The van der Waals surface area contributed by atoms with Gasteiger partial charge in [0.15, 0.2) is 0 Å². The number of hydrogen-bond donors (Lipinski definition) is 3. The van der Waals surface area contributed by atoms with Crippen LogP contribution in [0.25, 0.3) is 0 Å². The Morgan fingerprint density at radius 1 is 1.39 bits per heavy atom. The van der Waals surface area contributed by atoms with Gasteiger partial charge in [0, 0.05) is 18.6 Å². The number of nitro groups is 1. The predicted molar refractivity (Wildman–Crippen MR) is 85.5 cm³/mol. The Labute approximate surface area is 135 Å². The van der Waals surface area contributed by atoms with E-state index in [0.717, 1.165) is 0 Å². The zero-order valence-electron chi connectivity index (χ0n) is 13.9. The number of nitrogens with zero attached hydrogens (tertiary/aromatic N) is 2. The lowest BCUT2D eigenvalue weighted by Crippen LogP contribution is -3.07. The number of hydrogen-bond acceptors (Lipinski definition) is 5. The fourth-order valence-electron chi connectivity index (χ4n) is 3.86. The standard InChI is InChI=1S/C16H23N3O4/c1-15(2)9-12(17-21)13(16(3,4)18-15)14(20)10-6-5-7-11(8-10)19(22)23/h5-8,13-14,18,20-21H,9H2,1-4H3/p+1/b17-12-/t13-,14+/m1/s1. The van der Waals surface area contributed by atoms with Crippen LogP contribution < -0.4 is 5.32 Å². The van der Waals surface area contributed by atoms with Gasteiger partial charge in [0.2, 0.25) is 0 Å². The Morgan fingerprint density at radius 2 is 2.04 bits per heavy atom. The first kappa shape index (κ1) is 17.4. The van der Waals surface area contributed by atoms with E-state index in [1.807, 2.05) is 13.8 Å². The summed E-state index contributed by atoms with van der Waals surface area (Å²) in [6.45, 7) is 8.06. The molecular weight excluding hydrogens is 298 g/mol. The summed E-state index contributed by atoms with van der Waals surface area (Å²) in [4.78, 5) is 10.5. The lowest BCUT2D eigenvalue weighted by atomic mass is 9.69. The fourth-order valence-corrected chi connectivity index (χ4v) is 3.86. The van der Waals surface area contributed by atoms with Crippen molar-refractivity contribution in [1.82, 2.24) is 0 Å². The van der Waals surface area contributed by atoms with E-state index in [4.69, 9.17) is 0 Å². The molecule has 1 aliphatic rings. The van der Waals surface area contributed by atoms with Crippen molar-refractivity contribution in [3.05, 3.63) is 39.9 Å². The number of non-ortho nitro benzene ring substituents is 1. The lowest BCUT2D eigenvalue weighted by Gasteiger charge is -2.46.